The molecular weight excluding hydrogens is 473 g/mol. The molecule has 1 amide bonds. The number of nitrogens with one attached hydrogen (secondary N) is 2. The molecule has 1 heterocycles. The van der Waals surface area contributed by atoms with Gasteiger partial charge in [0.25, 0.3) is 5.91 Å². The Labute approximate surface area is 199 Å². The predicted octanol–water partition coefficient (Wildman–Crippen LogP) is 4.41. The predicted molar refractivity (Wildman–Crippen MR) is 126 cm³/mol. The maximum absolute atomic E-state index is 12.5. The standard InChI is InChI=1S/C22H21Cl2N3O4S/c1-22(2)18(17(32-3)19(22)28)27-15(21(30)31)8-11-4-6-12(7-5-11)26-20(29)16-13(23)9-25-10-14(16)24/h4-7,9-10,15,27H,8H2,1-3H3,(H,26,29)(H,30,31)/t15-/m0/s1. The maximum Gasteiger partial charge on any atom is 0.326 e. The number of Topliss-reactive ketones (excluding diaryl/α,β-unsaturated/α-hetero) is 1. The topological polar surface area (TPSA) is 108 Å². The molecule has 7 nitrogen and oxygen atoms in total. The number of benzene rings is 1. The van der Waals surface area contributed by atoms with Crippen LogP contribution in [0.2, 0.25) is 10.0 Å². The first kappa shape index (κ1) is 24.1. The smallest absolute Gasteiger partial charge is 0.326 e. The Hall–Kier alpha value is -2.55. The highest BCUT2D eigenvalue weighted by atomic mass is 35.5. The van der Waals surface area contributed by atoms with Crippen molar-refractivity contribution in [2.75, 3.05) is 11.6 Å². The Kier molecular flexibility index (Phi) is 7.17. The number of amides is 1. The van der Waals surface area contributed by atoms with Crippen molar-refractivity contribution in [2.24, 2.45) is 5.41 Å². The lowest BCUT2D eigenvalue weighted by Gasteiger charge is -2.39. The summed E-state index contributed by atoms with van der Waals surface area (Å²) in [5, 5.41) is 15.7. The molecule has 1 atom stereocenters. The van der Waals surface area contributed by atoms with Gasteiger partial charge in [0.1, 0.15) is 6.04 Å². The molecule has 2 aromatic rings. The first-order chi connectivity index (χ1) is 15.1. The van der Waals surface area contributed by atoms with Crippen LogP contribution in [0.5, 0.6) is 0 Å². The number of carboxylic acids is 1. The van der Waals surface area contributed by atoms with Gasteiger partial charge in [-0.3, -0.25) is 14.6 Å². The number of allylic oxidation sites excluding steroid dienone is 2. The van der Waals surface area contributed by atoms with Crippen LogP contribution in [0.3, 0.4) is 0 Å². The van der Waals surface area contributed by atoms with E-state index in [0.29, 0.717) is 16.3 Å². The second-order valence-electron chi connectivity index (χ2n) is 7.73. The van der Waals surface area contributed by atoms with Crippen LogP contribution in [-0.4, -0.2) is 40.0 Å². The minimum atomic E-state index is -1.02. The van der Waals surface area contributed by atoms with Crippen LogP contribution in [-0.2, 0) is 16.0 Å². The lowest BCUT2D eigenvalue weighted by Crippen LogP contribution is -2.50. The zero-order chi connectivity index (χ0) is 23.6. The Morgan fingerprint density at radius 2 is 1.75 bits per heavy atom. The van der Waals surface area contributed by atoms with E-state index in [4.69, 9.17) is 23.2 Å². The van der Waals surface area contributed by atoms with E-state index in [2.05, 4.69) is 15.6 Å². The summed E-state index contributed by atoms with van der Waals surface area (Å²) in [5.41, 5.74) is 1.30. The number of aliphatic carboxylic acids is 1. The fourth-order valence-corrected chi connectivity index (χ4v) is 4.82. The van der Waals surface area contributed by atoms with Crippen LogP contribution >= 0.6 is 35.0 Å². The number of rotatable bonds is 8. The molecule has 0 bridgehead atoms. The third-order valence-electron chi connectivity index (χ3n) is 5.18. The fourth-order valence-electron chi connectivity index (χ4n) is 3.33. The van der Waals surface area contributed by atoms with Crippen molar-refractivity contribution in [3.8, 4) is 0 Å². The van der Waals surface area contributed by atoms with E-state index in [1.54, 1.807) is 44.4 Å². The number of carboxylic acid groups (broad SMARTS) is 1. The summed E-state index contributed by atoms with van der Waals surface area (Å²) in [5.74, 6) is -1.49. The SMILES string of the molecule is CSC1=C(N[C@@H](Cc2ccc(NC(=O)c3c(Cl)cncc3Cl)cc2)C(=O)O)C(C)(C)C1=O. The van der Waals surface area contributed by atoms with E-state index >= 15 is 0 Å². The van der Waals surface area contributed by atoms with Gasteiger partial charge in [-0.25, -0.2) is 4.79 Å². The minimum Gasteiger partial charge on any atom is -0.480 e. The summed E-state index contributed by atoms with van der Waals surface area (Å²) in [6, 6.07) is 5.87. The van der Waals surface area contributed by atoms with E-state index in [1.165, 1.54) is 24.2 Å². The lowest BCUT2D eigenvalue weighted by molar-refractivity contribution is -0.139. The van der Waals surface area contributed by atoms with Crippen molar-refractivity contribution in [2.45, 2.75) is 26.3 Å². The largest absolute Gasteiger partial charge is 0.480 e. The molecule has 1 aliphatic carbocycles. The zero-order valence-electron chi connectivity index (χ0n) is 17.5. The number of thioether (sulfide) groups is 1. The number of nitrogens with zero attached hydrogens (tertiary/aromatic N) is 1. The summed E-state index contributed by atoms with van der Waals surface area (Å²) in [6.07, 6.45) is 4.65. The average molecular weight is 494 g/mol. The molecule has 3 rings (SSSR count). The van der Waals surface area contributed by atoms with Gasteiger partial charge in [-0.1, -0.05) is 35.3 Å². The van der Waals surface area contributed by atoms with E-state index in [1.807, 2.05) is 0 Å². The van der Waals surface area contributed by atoms with Gasteiger partial charge < -0.3 is 15.7 Å². The van der Waals surface area contributed by atoms with Gasteiger partial charge in [-0.15, -0.1) is 11.8 Å². The van der Waals surface area contributed by atoms with Gasteiger partial charge in [0.05, 0.1) is 25.9 Å². The first-order valence-corrected chi connectivity index (χ1v) is 11.6. The number of hydrogen-bond acceptors (Lipinski definition) is 6. The number of hydrogen-bond donors (Lipinski definition) is 3. The van der Waals surface area contributed by atoms with Crippen molar-refractivity contribution < 1.29 is 19.5 Å². The summed E-state index contributed by atoms with van der Waals surface area (Å²) < 4.78 is 0. The van der Waals surface area contributed by atoms with E-state index in [9.17, 15) is 19.5 Å². The van der Waals surface area contributed by atoms with Crippen molar-refractivity contribution in [1.29, 1.82) is 0 Å². The summed E-state index contributed by atoms with van der Waals surface area (Å²) in [6.45, 7) is 3.55. The summed E-state index contributed by atoms with van der Waals surface area (Å²) in [4.78, 5) is 40.9. The van der Waals surface area contributed by atoms with Crippen molar-refractivity contribution >= 4 is 58.3 Å². The van der Waals surface area contributed by atoms with Crippen molar-refractivity contribution in [1.82, 2.24) is 10.3 Å². The van der Waals surface area contributed by atoms with E-state index in [0.717, 1.165) is 5.56 Å². The molecule has 0 radical (unpaired) electrons. The molecule has 0 unspecified atom stereocenters. The molecule has 0 spiro atoms. The number of carbonyl (C=O) groups is 3. The molecule has 0 fully saturated rings. The number of carbonyl (C=O) groups excluding carboxylic acids is 2. The molecule has 1 aliphatic rings. The molecule has 0 saturated carbocycles. The second-order valence-corrected chi connectivity index (χ2v) is 9.36. The molecule has 0 aliphatic heterocycles. The Morgan fingerprint density at radius 1 is 1.16 bits per heavy atom. The summed E-state index contributed by atoms with van der Waals surface area (Å²) >= 11 is 13.3. The highest BCUT2D eigenvalue weighted by Gasteiger charge is 2.47. The van der Waals surface area contributed by atoms with Crippen LogP contribution in [0, 0.1) is 5.41 Å². The third kappa shape index (κ3) is 4.77. The molecule has 32 heavy (non-hydrogen) atoms. The number of ketones is 1. The molecule has 10 heteroatoms. The Morgan fingerprint density at radius 3 is 2.28 bits per heavy atom. The van der Waals surface area contributed by atoms with Crippen molar-refractivity contribution in [3.05, 3.63) is 68.4 Å². The molecular formula is C22H21Cl2N3O4S. The van der Waals surface area contributed by atoms with Gasteiger partial charge in [0, 0.05) is 30.2 Å². The van der Waals surface area contributed by atoms with E-state index < -0.39 is 23.3 Å². The van der Waals surface area contributed by atoms with Crippen LogP contribution in [0.4, 0.5) is 5.69 Å². The molecule has 3 N–H and O–H groups in total. The van der Waals surface area contributed by atoms with Crippen LogP contribution < -0.4 is 10.6 Å². The Balaban J connectivity index is 1.71. The Bertz CT molecular complexity index is 1100. The number of anilines is 1. The maximum atomic E-state index is 12.5. The minimum absolute atomic E-state index is 0.00568. The highest BCUT2D eigenvalue weighted by Crippen LogP contribution is 2.45. The number of pyridine rings is 1. The molecule has 0 saturated heterocycles. The van der Waals surface area contributed by atoms with Gasteiger partial charge in [-0.2, -0.15) is 0 Å². The third-order valence-corrected chi connectivity index (χ3v) is 6.55. The molecule has 1 aromatic heterocycles. The van der Waals surface area contributed by atoms with Gasteiger partial charge >= 0.3 is 5.97 Å². The fraction of sp³-hybridized carbons (Fsp3) is 0.273. The summed E-state index contributed by atoms with van der Waals surface area (Å²) in [7, 11) is 0. The van der Waals surface area contributed by atoms with Gasteiger partial charge in [0.2, 0.25) is 0 Å². The van der Waals surface area contributed by atoms with E-state index in [-0.39, 0.29) is 27.8 Å². The highest BCUT2D eigenvalue weighted by molar-refractivity contribution is 8.03. The molecule has 168 valence electrons. The van der Waals surface area contributed by atoms with Crippen LogP contribution in [0.15, 0.2) is 47.3 Å². The lowest BCUT2D eigenvalue weighted by atomic mass is 9.74. The number of aromatic nitrogens is 1. The normalized spacial score (nSPS) is 15.7. The quantitative estimate of drug-likeness (QED) is 0.499. The average Bonchev–Trinajstić information content (AvgIpc) is 2.73. The van der Waals surface area contributed by atoms with Gasteiger partial charge in [-0.05, 0) is 37.8 Å². The van der Waals surface area contributed by atoms with Gasteiger partial charge in [0.15, 0.2) is 5.78 Å². The first-order valence-electron chi connectivity index (χ1n) is 9.58. The zero-order valence-corrected chi connectivity index (χ0v) is 19.9. The van der Waals surface area contributed by atoms with Crippen LogP contribution in [0.1, 0.15) is 29.8 Å². The van der Waals surface area contributed by atoms with Crippen molar-refractivity contribution in [3.63, 3.8) is 0 Å². The molecule has 1 aromatic carbocycles. The van der Waals surface area contributed by atoms with Crippen LogP contribution in [0.25, 0.3) is 0 Å². The second kappa shape index (κ2) is 9.52. The number of halogens is 2. The monoisotopic (exact) mass is 493 g/mol.